The molecule has 0 spiro atoms. The maximum Gasteiger partial charge on any atom is 0.575 e. The minimum Gasteiger partial charge on any atom is -0.370 e. The quantitative estimate of drug-likeness (QED) is 0.561. The summed E-state index contributed by atoms with van der Waals surface area (Å²) in [4.78, 5) is 10.6. The van der Waals surface area contributed by atoms with Gasteiger partial charge in [0.2, 0.25) is 0 Å². The number of ether oxygens (including phenoxy) is 1. The lowest BCUT2D eigenvalue weighted by Crippen LogP contribution is -2.17. The molecule has 0 aromatic heterocycles. The number of benzene rings is 1. The molecule has 0 unspecified atom stereocenters. The fourth-order valence-electron chi connectivity index (χ4n) is 0.876. The fraction of sp³-hybridized carbons (Fsp3) is 0.100. The molecule has 0 saturated carbocycles. The van der Waals surface area contributed by atoms with Gasteiger partial charge in [0.05, 0.1) is 0 Å². The van der Waals surface area contributed by atoms with Crippen molar-refractivity contribution in [2.45, 2.75) is 6.36 Å². The molecule has 80 valence electrons. The number of carbonyl (C=O) groups is 1. The summed E-state index contributed by atoms with van der Waals surface area (Å²) in [5.74, 6) is -1.44. The van der Waals surface area contributed by atoms with Gasteiger partial charge in [0.1, 0.15) is 0 Å². The first-order chi connectivity index (χ1) is 6.97. The van der Waals surface area contributed by atoms with Crippen LogP contribution in [0.4, 0.5) is 13.2 Å². The van der Waals surface area contributed by atoms with Crippen molar-refractivity contribution >= 4 is 12.0 Å². The summed E-state index contributed by atoms with van der Waals surface area (Å²) in [5, 5.41) is 0. The van der Waals surface area contributed by atoms with Crippen LogP contribution < -0.4 is 0 Å². The molecule has 0 fully saturated rings. The zero-order chi connectivity index (χ0) is 11.3. The smallest absolute Gasteiger partial charge is 0.370 e. The topological polar surface area (TPSA) is 26.3 Å². The lowest BCUT2D eigenvalue weighted by atomic mass is 10.2. The van der Waals surface area contributed by atoms with Crippen LogP contribution in [0.5, 0.6) is 0 Å². The van der Waals surface area contributed by atoms with Crippen LogP contribution in [-0.4, -0.2) is 12.3 Å². The van der Waals surface area contributed by atoms with E-state index in [1.807, 2.05) is 0 Å². The molecule has 1 aromatic rings. The number of halogens is 3. The van der Waals surface area contributed by atoms with Gasteiger partial charge in [-0.3, -0.25) is 0 Å². The molecule has 1 aromatic carbocycles. The van der Waals surface area contributed by atoms with Crippen molar-refractivity contribution in [2.75, 3.05) is 0 Å². The van der Waals surface area contributed by atoms with Crippen LogP contribution in [0.2, 0.25) is 0 Å². The molecule has 5 heteroatoms. The van der Waals surface area contributed by atoms with Crippen molar-refractivity contribution in [3.05, 3.63) is 42.0 Å². The van der Waals surface area contributed by atoms with Gasteiger partial charge in [-0.15, -0.1) is 13.2 Å². The number of esters is 1. The maximum atomic E-state index is 11.6. The van der Waals surface area contributed by atoms with Crippen LogP contribution in [0.15, 0.2) is 36.4 Å². The lowest BCUT2D eigenvalue weighted by Gasteiger charge is -2.03. The van der Waals surface area contributed by atoms with Crippen LogP contribution in [-0.2, 0) is 9.53 Å². The van der Waals surface area contributed by atoms with Crippen LogP contribution in [0.1, 0.15) is 5.56 Å². The number of carbonyl (C=O) groups excluding carboxylic acids is 1. The first-order valence-corrected chi connectivity index (χ1v) is 4.00. The molecule has 0 radical (unpaired) electrons. The summed E-state index contributed by atoms with van der Waals surface area (Å²) >= 11 is 0. The van der Waals surface area contributed by atoms with Crippen LogP contribution in [0.3, 0.4) is 0 Å². The minimum atomic E-state index is -4.93. The molecule has 0 bridgehead atoms. The first kappa shape index (κ1) is 11.3. The molecule has 0 saturated heterocycles. The average molecular weight is 216 g/mol. The molecule has 0 heterocycles. The monoisotopic (exact) mass is 216 g/mol. The predicted molar refractivity (Wildman–Crippen MR) is 47.6 cm³/mol. The zero-order valence-electron chi connectivity index (χ0n) is 7.49. The molecular formula is C10H7F3O2. The Morgan fingerprint density at radius 2 is 1.80 bits per heavy atom. The Balaban J connectivity index is 2.56. The largest absolute Gasteiger partial charge is 0.575 e. The number of rotatable bonds is 2. The Labute approximate surface area is 84.0 Å². The van der Waals surface area contributed by atoms with Gasteiger partial charge in [0.15, 0.2) is 0 Å². The Bertz CT molecular complexity index is 355. The Hall–Kier alpha value is -1.78. The molecule has 0 aliphatic rings. The molecule has 1 rings (SSSR count). The molecule has 0 N–H and O–H groups in total. The van der Waals surface area contributed by atoms with Gasteiger partial charge in [-0.2, -0.15) is 0 Å². The van der Waals surface area contributed by atoms with Gasteiger partial charge >= 0.3 is 12.3 Å². The highest BCUT2D eigenvalue weighted by Crippen LogP contribution is 2.16. The normalized spacial score (nSPS) is 11.7. The molecule has 15 heavy (non-hydrogen) atoms. The average Bonchev–Trinajstić information content (AvgIpc) is 2.14. The van der Waals surface area contributed by atoms with Crippen LogP contribution in [0, 0.1) is 0 Å². The number of alkyl halides is 3. The summed E-state index contributed by atoms with van der Waals surface area (Å²) in [5.41, 5.74) is 0.622. The van der Waals surface area contributed by atoms with Crippen molar-refractivity contribution in [3.63, 3.8) is 0 Å². The van der Waals surface area contributed by atoms with E-state index in [4.69, 9.17) is 0 Å². The van der Waals surface area contributed by atoms with Crippen molar-refractivity contribution in [2.24, 2.45) is 0 Å². The second-order valence-corrected chi connectivity index (χ2v) is 2.61. The van der Waals surface area contributed by atoms with Crippen LogP contribution in [0.25, 0.3) is 6.08 Å². The number of hydrogen-bond donors (Lipinski definition) is 0. The van der Waals surface area contributed by atoms with E-state index in [0.717, 1.165) is 6.08 Å². The van der Waals surface area contributed by atoms with E-state index in [1.165, 1.54) is 6.08 Å². The third-order valence-corrected chi connectivity index (χ3v) is 1.43. The third-order valence-electron chi connectivity index (χ3n) is 1.43. The van der Waals surface area contributed by atoms with Gasteiger partial charge in [-0.25, -0.2) is 4.79 Å². The molecule has 0 atom stereocenters. The Kier molecular flexibility index (Phi) is 3.49. The van der Waals surface area contributed by atoms with E-state index in [0.29, 0.717) is 5.56 Å². The summed E-state index contributed by atoms with van der Waals surface area (Å²) in [6, 6.07) is 8.46. The number of hydrogen-bond acceptors (Lipinski definition) is 2. The van der Waals surface area contributed by atoms with Crippen molar-refractivity contribution in [3.8, 4) is 0 Å². The van der Waals surface area contributed by atoms with Crippen molar-refractivity contribution < 1.29 is 22.7 Å². The molecule has 2 nitrogen and oxygen atoms in total. The zero-order valence-corrected chi connectivity index (χ0v) is 7.49. The summed E-state index contributed by atoms with van der Waals surface area (Å²) < 4.78 is 37.8. The summed E-state index contributed by atoms with van der Waals surface area (Å²) in [6.45, 7) is 0. The second kappa shape index (κ2) is 4.63. The van der Waals surface area contributed by atoms with E-state index in [9.17, 15) is 18.0 Å². The van der Waals surface area contributed by atoms with Gasteiger partial charge in [-0.1, -0.05) is 30.3 Å². The van der Waals surface area contributed by atoms with Gasteiger partial charge in [0, 0.05) is 6.08 Å². The predicted octanol–water partition coefficient (Wildman–Crippen LogP) is 2.76. The molecule has 0 amide bonds. The summed E-state index contributed by atoms with van der Waals surface area (Å²) in [7, 11) is 0. The standard InChI is InChI=1S/C10H7F3O2/c11-10(12,13)15-9(14)7-6-8-4-2-1-3-5-8/h1-7H/b7-6+. The third kappa shape index (κ3) is 4.85. The van der Waals surface area contributed by atoms with E-state index in [1.54, 1.807) is 30.3 Å². The molecular weight excluding hydrogens is 209 g/mol. The lowest BCUT2D eigenvalue weighted by molar-refractivity contribution is -0.302. The van der Waals surface area contributed by atoms with Gasteiger partial charge in [-0.05, 0) is 11.6 Å². The summed E-state index contributed by atoms with van der Waals surface area (Å²) in [6.07, 6.45) is -2.96. The maximum absolute atomic E-state index is 11.6. The van der Waals surface area contributed by atoms with E-state index in [2.05, 4.69) is 4.74 Å². The van der Waals surface area contributed by atoms with Crippen molar-refractivity contribution in [1.29, 1.82) is 0 Å². The molecule has 0 aliphatic heterocycles. The van der Waals surface area contributed by atoms with Gasteiger partial charge in [0.25, 0.3) is 0 Å². The Morgan fingerprint density at radius 1 is 1.20 bits per heavy atom. The Morgan fingerprint density at radius 3 is 2.33 bits per heavy atom. The van der Waals surface area contributed by atoms with Gasteiger partial charge < -0.3 is 4.74 Å². The fourth-order valence-corrected chi connectivity index (χ4v) is 0.876. The van der Waals surface area contributed by atoms with Crippen LogP contribution >= 0.6 is 0 Å². The molecule has 0 aliphatic carbocycles. The second-order valence-electron chi connectivity index (χ2n) is 2.61. The highest BCUT2D eigenvalue weighted by Gasteiger charge is 2.32. The highest BCUT2D eigenvalue weighted by molar-refractivity contribution is 5.87. The highest BCUT2D eigenvalue weighted by atomic mass is 19.4. The van der Waals surface area contributed by atoms with Crippen molar-refractivity contribution in [1.82, 2.24) is 0 Å². The SMILES string of the molecule is O=C(/C=C/c1ccccc1)OC(F)(F)F. The minimum absolute atomic E-state index is 0.622. The van der Waals surface area contributed by atoms with E-state index >= 15 is 0 Å². The van der Waals surface area contributed by atoms with E-state index in [-0.39, 0.29) is 0 Å². The van der Waals surface area contributed by atoms with E-state index < -0.39 is 12.3 Å². The first-order valence-electron chi connectivity index (χ1n) is 4.00.